The molecule has 0 radical (unpaired) electrons. The summed E-state index contributed by atoms with van der Waals surface area (Å²) in [6.07, 6.45) is 12.5. The average molecular weight is 585 g/mol. The van der Waals surface area contributed by atoms with E-state index in [1.165, 1.54) is 50.7 Å². The van der Waals surface area contributed by atoms with Crippen LogP contribution in [0.15, 0.2) is 23.3 Å². The van der Waals surface area contributed by atoms with Crippen LogP contribution < -0.4 is 5.43 Å². The van der Waals surface area contributed by atoms with Crippen molar-refractivity contribution in [2.24, 2.45) is 51.4 Å². The molecule has 4 aliphatic carbocycles. The van der Waals surface area contributed by atoms with E-state index in [9.17, 15) is 30.4 Å². The van der Waals surface area contributed by atoms with E-state index in [1.807, 2.05) is 0 Å². The molecular weight excluding hydrogens is 536 g/mol. The summed E-state index contributed by atoms with van der Waals surface area (Å²) < 4.78 is 0. The molecule has 4 unspecified atom stereocenters. The number of hydrogen-bond acceptors (Lipinski definition) is 8. The molecule has 0 amide bonds. The fraction of sp³-hybridized carbons (Fsp3) is 0.781. The molecule has 0 bridgehead atoms. The van der Waals surface area contributed by atoms with Gasteiger partial charge in [0.05, 0.1) is 27.6 Å². The van der Waals surface area contributed by atoms with Gasteiger partial charge < -0.3 is 10.2 Å². The Labute approximate surface area is 248 Å². The van der Waals surface area contributed by atoms with Crippen molar-refractivity contribution >= 4 is 23.3 Å². The van der Waals surface area contributed by atoms with Gasteiger partial charge in [-0.3, -0.25) is 25.7 Å². The van der Waals surface area contributed by atoms with Crippen molar-refractivity contribution in [3.05, 3.63) is 38.4 Å². The zero-order chi connectivity index (χ0) is 30.4. The molecule has 3 N–H and O–H groups in total. The lowest BCUT2D eigenvalue weighted by molar-refractivity contribution is -0.393. The lowest BCUT2D eigenvalue weighted by Crippen LogP contribution is -2.54. The zero-order valence-corrected chi connectivity index (χ0v) is 25.5. The van der Waals surface area contributed by atoms with Gasteiger partial charge >= 0.3 is 5.69 Å². The van der Waals surface area contributed by atoms with Crippen LogP contribution in [-0.4, -0.2) is 38.0 Å². The molecule has 0 aromatic heterocycles. The molecule has 42 heavy (non-hydrogen) atoms. The number of nitro groups is 2. The summed E-state index contributed by atoms with van der Waals surface area (Å²) in [5, 5.41) is 50.5. The molecule has 10 nitrogen and oxygen atoms in total. The number of non-ortho nitro benzene ring substituents is 1. The predicted octanol–water partition coefficient (Wildman–Crippen LogP) is 7.09. The molecule has 1 aromatic rings. The van der Waals surface area contributed by atoms with Crippen molar-refractivity contribution in [3.8, 4) is 0 Å². The number of hydrogen-bond donors (Lipinski definition) is 3. The van der Waals surface area contributed by atoms with Crippen LogP contribution in [0.3, 0.4) is 0 Å². The van der Waals surface area contributed by atoms with E-state index in [1.54, 1.807) is 6.21 Å². The highest BCUT2D eigenvalue weighted by Gasteiger charge is 2.71. The van der Waals surface area contributed by atoms with Crippen molar-refractivity contribution in [3.63, 3.8) is 0 Å². The maximum absolute atomic E-state index is 12.5. The first-order valence-corrected chi connectivity index (χ1v) is 15.9. The molecule has 4 fully saturated rings. The minimum atomic E-state index is -1.13. The Morgan fingerprint density at radius 1 is 1.07 bits per heavy atom. The Bertz CT molecular complexity index is 1220. The van der Waals surface area contributed by atoms with Gasteiger partial charge in [-0.25, -0.2) is 0 Å². The summed E-state index contributed by atoms with van der Waals surface area (Å²) in [6, 6.07) is 3.44. The Morgan fingerprint density at radius 3 is 2.52 bits per heavy atom. The van der Waals surface area contributed by atoms with E-state index in [0.29, 0.717) is 30.6 Å². The van der Waals surface area contributed by atoms with Gasteiger partial charge in [-0.2, -0.15) is 5.10 Å². The Hall–Kier alpha value is -2.59. The van der Waals surface area contributed by atoms with Gasteiger partial charge in [0, 0.05) is 30.0 Å². The van der Waals surface area contributed by atoms with Gasteiger partial charge in [0.2, 0.25) is 0 Å². The van der Waals surface area contributed by atoms with Crippen LogP contribution in [0.5, 0.6) is 0 Å². The summed E-state index contributed by atoms with van der Waals surface area (Å²) in [5.74, 6) is 2.06. The minimum absolute atomic E-state index is 0.0608. The molecule has 10 heteroatoms. The molecule has 0 saturated heterocycles. The van der Waals surface area contributed by atoms with Crippen LogP contribution in [0.25, 0.3) is 0 Å². The fourth-order valence-corrected chi connectivity index (χ4v) is 9.97. The highest BCUT2D eigenvalue weighted by Crippen LogP contribution is 2.72. The fourth-order valence-electron chi connectivity index (χ4n) is 9.97. The normalized spacial score (nSPS) is 39.2. The lowest BCUT2D eigenvalue weighted by atomic mass is 9.54. The van der Waals surface area contributed by atoms with Crippen LogP contribution in [0.4, 0.5) is 17.1 Å². The SMILES string of the molecule is CC(C)CCCC[C@H]1CCC2C3C(CC[C@@]21C)[C@@]1(C)CCC(O)C[C@@]1(O)[C@@H]3/C=N/Nc1ccc([N+](=O)[O-])cc1[N+](=O)[O-]. The standard InChI is InChI=1S/C32H48N4O6/c1-20(2)7-5-6-8-21-9-11-24-29-25(14-15-30(21,24)3)31(4)16-13-23(37)18-32(31,38)26(29)19-33-34-27-12-10-22(35(39)40)17-28(27)36(41)42/h10,12,17,19-21,23-26,29,34,37-38H,5-9,11,13-16,18H2,1-4H3/b33-19+/t21-,23?,24?,25?,26+,29?,30+,31+,32+/m0/s1. The third-order valence-corrected chi connectivity index (χ3v) is 12.2. The molecule has 232 valence electrons. The second-order valence-electron chi connectivity index (χ2n) is 14.7. The van der Waals surface area contributed by atoms with E-state index >= 15 is 0 Å². The van der Waals surface area contributed by atoms with Gasteiger partial charge in [0.15, 0.2) is 0 Å². The van der Waals surface area contributed by atoms with Gasteiger partial charge in [-0.15, -0.1) is 0 Å². The van der Waals surface area contributed by atoms with Crippen LogP contribution in [0.2, 0.25) is 0 Å². The number of anilines is 1. The monoisotopic (exact) mass is 584 g/mol. The molecule has 0 spiro atoms. The van der Waals surface area contributed by atoms with Crippen LogP contribution in [0.1, 0.15) is 98.3 Å². The lowest BCUT2D eigenvalue weighted by Gasteiger charge is -2.52. The predicted molar refractivity (Wildman–Crippen MR) is 162 cm³/mol. The van der Waals surface area contributed by atoms with Crippen molar-refractivity contribution in [2.45, 2.75) is 110 Å². The number of unbranched alkanes of at least 4 members (excludes halogenated alkanes) is 1. The Balaban J connectivity index is 1.44. The summed E-state index contributed by atoms with van der Waals surface area (Å²) in [4.78, 5) is 21.5. The number of fused-ring (bicyclic) bond motifs is 5. The maximum Gasteiger partial charge on any atom is 0.301 e. The highest BCUT2D eigenvalue weighted by molar-refractivity contribution is 5.70. The van der Waals surface area contributed by atoms with Crippen molar-refractivity contribution < 1.29 is 20.1 Å². The van der Waals surface area contributed by atoms with Crippen LogP contribution >= 0.6 is 0 Å². The molecule has 5 rings (SSSR count). The van der Waals surface area contributed by atoms with Crippen LogP contribution in [0, 0.1) is 66.6 Å². The molecule has 0 heterocycles. The molecular formula is C32H48N4O6. The number of benzene rings is 1. The van der Waals surface area contributed by atoms with Gasteiger partial charge in [0.25, 0.3) is 5.69 Å². The highest BCUT2D eigenvalue weighted by atomic mass is 16.6. The number of nitrogens with one attached hydrogen (secondary N) is 1. The summed E-state index contributed by atoms with van der Waals surface area (Å²) in [6.45, 7) is 9.25. The van der Waals surface area contributed by atoms with Gasteiger partial charge in [0.1, 0.15) is 5.69 Å². The third kappa shape index (κ3) is 5.12. The maximum atomic E-state index is 12.5. The molecule has 1 aromatic carbocycles. The third-order valence-electron chi connectivity index (χ3n) is 12.2. The van der Waals surface area contributed by atoms with Crippen molar-refractivity contribution in [2.75, 3.05) is 5.43 Å². The second-order valence-corrected chi connectivity index (χ2v) is 14.7. The number of hydrazone groups is 1. The van der Waals surface area contributed by atoms with Crippen molar-refractivity contribution in [1.82, 2.24) is 0 Å². The van der Waals surface area contributed by atoms with Gasteiger partial charge in [-0.05, 0) is 86.0 Å². The molecule has 0 aliphatic heterocycles. The zero-order valence-electron chi connectivity index (χ0n) is 25.5. The first-order chi connectivity index (χ1) is 19.8. The Morgan fingerprint density at radius 2 is 1.83 bits per heavy atom. The minimum Gasteiger partial charge on any atom is -0.393 e. The Kier molecular flexibility index (Phi) is 8.44. The summed E-state index contributed by atoms with van der Waals surface area (Å²) in [7, 11) is 0. The smallest absolute Gasteiger partial charge is 0.301 e. The molecule has 9 atom stereocenters. The number of nitro benzene ring substituents is 2. The van der Waals surface area contributed by atoms with Crippen LogP contribution in [-0.2, 0) is 0 Å². The number of nitrogens with zero attached hydrogens (tertiary/aromatic N) is 3. The van der Waals surface area contributed by atoms with E-state index in [2.05, 4.69) is 38.2 Å². The largest absolute Gasteiger partial charge is 0.393 e. The van der Waals surface area contributed by atoms with Crippen molar-refractivity contribution in [1.29, 1.82) is 0 Å². The molecule has 4 saturated carbocycles. The summed E-state index contributed by atoms with van der Waals surface area (Å²) in [5.41, 5.74) is 0.770. The average Bonchev–Trinajstić information content (AvgIpc) is 3.35. The van der Waals surface area contributed by atoms with Gasteiger partial charge in [-0.1, -0.05) is 47.0 Å². The van der Waals surface area contributed by atoms with E-state index in [4.69, 9.17) is 0 Å². The number of rotatable bonds is 10. The summed E-state index contributed by atoms with van der Waals surface area (Å²) >= 11 is 0. The second kappa shape index (κ2) is 11.5. The topological polar surface area (TPSA) is 151 Å². The molecule has 4 aliphatic rings. The first-order valence-electron chi connectivity index (χ1n) is 15.9. The number of aliphatic hydroxyl groups is 2. The number of aliphatic hydroxyl groups excluding tert-OH is 1. The van der Waals surface area contributed by atoms with E-state index in [0.717, 1.165) is 31.2 Å². The quantitative estimate of drug-likeness (QED) is 0.115. The van der Waals surface area contributed by atoms with E-state index < -0.39 is 27.2 Å². The first kappa shape index (κ1) is 30.9. The van der Waals surface area contributed by atoms with E-state index in [-0.39, 0.29) is 34.0 Å².